The standard InChI is InChI=1S/C39H40ClN5O2/c1-25-26(2)41-27(3)33(38(25)29-7-6-8-32(23-29)45(46)47)17-13-28-11-15-31(16-12-28)43-19-21-44(22-20-43)39-34-9-4-5-10-36(34)42-37-24-30(40)14-18-35(37)39/h6-8,11-18,23-24,38,41H,4-5,9-10,19-22H2,1-3H3. The van der Waals surface area contributed by atoms with Gasteiger partial charge in [0.1, 0.15) is 0 Å². The molecule has 0 radical (unpaired) electrons. The van der Waals surface area contributed by atoms with E-state index in [1.807, 2.05) is 18.2 Å². The second kappa shape index (κ2) is 12.9. The lowest BCUT2D eigenvalue weighted by atomic mass is 9.81. The number of halogens is 1. The molecule has 1 N–H and O–H groups in total. The first-order valence-corrected chi connectivity index (χ1v) is 16.9. The van der Waals surface area contributed by atoms with Crippen molar-refractivity contribution >= 4 is 45.6 Å². The first-order chi connectivity index (χ1) is 22.8. The maximum absolute atomic E-state index is 11.5. The third-order valence-electron chi connectivity index (χ3n) is 10.1. The highest BCUT2D eigenvalue weighted by molar-refractivity contribution is 6.31. The summed E-state index contributed by atoms with van der Waals surface area (Å²) in [7, 11) is 0. The average Bonchev–Trinajstić information content (AvgIpc) is 3.08. The van der Waals surface area contributed by atoms with Crippen LogP contribution in [0.25, 0.3) is 17.0 Å². The van der Waals surface area contributed by atoms with Crippen LogP contribution in [0.5, 0.6) is 0 Å². The molecule has 3 aliphatic rings. The molecular formula is C39H40ClN5O2. The van der Waals surface area contributed by atoms with Gasteiger partial charge in [0, 0.05) is 77.4 Å². The Morgan fingerprint density at radius 3 is 2.40 bits per heavy atom. The maximum atomic E-state index is 11.5. The van der Waals surface area contributed by atoms with Gasteiger partial charge in [-0.15, -0.1) is 0 Å². The van der Waals surface area contributed by atoms with Crippen molar-refractivity contribution in [1.29, 1.82) is 0 Å². The van der Waals surface area contributed by atoms with Crippen LogP contribution in [0, 0.1) is 10.1 Å². The Balaban J connectivity index is 1.07. The number of hydrogen-bond donors (Lipinski definition) is 1. The second-order valence-electron chi connectivity index (χ2n) is 13.0. The summed E-state index contributed by atoms with van der Waals surface area (Å²) in [5, 5.41) is 17.0. The monoisotopic (exact) mass is 645 g/mol. The number of dihydropyridines is 1. The smallest absolute Gasteiger partial charge is 0.269 e. The first kappa shape index (κ1) is 31.0. The lowest BCUT2D eigenvalue weighted by Crippen LogP contribution is -2.47. The Kier molecular flexibility index (Phi) is 8.50. The molecule has 1 saturated heterocycles. The number of nitrogens with one attached hydrogen (secondary N) is 1. The van der Waals surface area contributed by atoms with Crippen LogP contribution in [-0.2, 0) is 12.8 Å². The minimum absolute atomic E-state index is 0.0527. The molecule has 0 saturated carbocycles. The molecule has 8 heteroatoms. The normalized spacial score (nSPS) is 18.6. The van der Waals surface area contributed by atoms with Crippen molar-refractivity contribution in [2.75, 3.05) is 36.0 Å². The molecule has 1 atom stereocenters. The second-order valence-corrected chi connectivity index (χ2v) is 13.4. The number of hydrogen-bond acceptors (Lipinski definition) is 6. The number of anilines is 2. The first-order valence-electron chi connectivity index (χ1n) is 16.6. The van der Waals surface area contributed by atoms with Crippen LogP contribution in [0.3, 0.4) is 0 Å². The molecule has 1 unspecified atom stereocenters. The minimum Gasteiger partial charge on any atom is -0.368 e. The number of nitro groups is 1. The van der Waals surface area contributed by atoms with Gasteiger partial charge in [-0.05, 0) is 105 Å². The topological polar surface area (TPSA) is 74.5 Å². The zero-order valence-corrected chi connectivity index (χ0v) is 28.0. The molecule has 1 aliphatic carbocycles. The summed E-state index contributed by atoms with van der Waals surface area (Å²) >= 11 is 6.37. The van der Waals surface area contributed by atoms with Crippen LogP contribution >= 0.6 is 11.6 Å². The molecule has 4 aromatic rings. The largest absolute Gasteiger partial charge is 0.368 e. The molecule has 240 valence electrons. The molecule has 0 bridgehead atoms. The highest BCUT2D eigenvalue weighted by Crippen LogP contribution is 2.40. The summed E-state index contributed by atoms with van der Waals surface area (Å²) in [4.78, 5) is 21.3. The zero-order chi connectivity index (χ0) is 32.7. The van der Waals surface area contributed by atoms with E-state index in [9.17, 15) is 10.1 Å². The molecule has 47 heavy (non-hydrogen) atoms. The summed E-state index contributed by atoms with van der Waals surface area (Å²) in [5.74, 6) is -0.0527. The van der Waals surface area contributed by atoms with Crippen molar-refractivity contribution in [1.82, 2.24) is 10.3 Å². The number of aryl methyl sites for hydroxylation is 1. The van der Waals surface area contributed by atoms with E-state index >= 15 is 0 Å². The molecule has 1 fully saturated rings. The fraction of sp³-hybridized carbons (Fsp3) is 0.308. The van der Waals surface area contributed by atoms with Crippen LogP contribution < -0.4 is 15.1 Å². The molecule has 3 heterocycles. The lowest BCUT2D eigenvalue weighted by Gasteiger charge is -2.39. The Morgan fingerprint density at radius 1 is 0.894 bits per heavy atom. The Labute approximate surface area is 281 Å². The van der Waals surface area contributed by atoms with Crippen molar-refractivity contribution in [3.05, 3.63) is 133 Å². The molecule has 2 aliphatic heterocycles. The fourth-order valence-corrected chi connectivity index (χ4v) is 7.66. The number of rotatable bonds is 6. The van der Waals surface area contributed by atoms with Gasteiger partial charge < -0.3 is 15.1 Å². The van der Waals surface area contributed by atoms with Gasteiger partial charge in [-0.25, -0.2) is 0 Å². The van der Waals surface area contributed by atoms with E-state index in [0.717, 1.165) is 83.2 Å². The highest BCUT2D eigenvalue weighted by atomic mass is 35.5. The van der Waals surface area contributed by atoms with E-state index in [-0.39, 0.29) is 16.5 Å². The Hall–Kier alpha value is -4.62. The quantitative estimate of drug-likeness (QED) is 0.167. The number of benzene rings is 3. The maximum Gasteiger partial charge on any atom is 0.269 e. The Bertz CT molecular complexity index is 1950. The van der Waals surface area contributed by atoms with Gasteiger partial charge in [-0.3, -0.25) is 15.1 Å². The number of allylic oxidation sites excluding steroid dienone is 5. The van der Waals surface area contributed by atoms with Crippen LogP contribution in [0.1, 0.15) is 61.9 Å². The SMILES string of the molecule is CC1=C(C)C(c2cccc([N+](=O)[O-])c2)C(C=Cc2ccc(N3CCN(c4c5c(nc6cc(Cl)ccc46)CCCC5)CC3)cc2)=C(C)N1. The summed E-state index contributed by atoms with van der Waals surface area (Å²) in [5.41, 5.74) is 12.9. The molecular weight excluding hydrogens is 606 g/mol. The van der Waals surface area contributed by atoms with E-state index in [1.165, 1.54) is 40.9 Å². The van der Waals surface area contributed by atoms with Gasteiger partial charge in [0.2, 0.25) is 0 Å². The number of non-ortho nitro benzene ring substituents is 1. The van der Waals surface area contributed by atoms with E-state index < -0.39 is 0 Å². The number of pyridine rings is 1. The van der Waals surface area contributed by atoms with E-state index in [0.29, 0.717) is 0 Å². The van der Waals surface area contributed by atoms with E-state index in [2.05, 4.69) is 78.4 Å². The molecule has 0 spiro atoms. The van der Waals surface area contributed by atoms with Crippen molar-refractivity contribution in [2.24, 2.45) is 0 Å². The Morgan fingerprint density at radius 2 is 1.64 bits per heavy atom. The number of piperazine rings is 1. The van der Waals surface area contributed by atoms with Gasteiger partial charge in [-0.2, -0.15) is 0 Å². The van der Waals surface area contributed by atoms with E-state index in [4.69, 9.17) is 16.6 Å². The average molecular weight is 646 g/mol. The molecule has 7 nitrogen and oxygen atoms in total. The van der Waals surface area contributed by atoms with Crippen LogP contribution in [-0.4, -0.2) is 36.1 Å². The number of fused-ring (bicyclic) bond motifs is 2. The van der Waals surface area contributed by atoms with Gasteiger partial charge in [0.15, 0.2) is 0 Å². The molecule has 0 amide bonds. The van der Waals surface area contributed by atoms with Gasteiger partial charge in [0.25, 0.3) is 5.69 Å². The molecule has 1 aromatic heterocycles. The van der Waals surface area contributed by atoms with Gasteiger partial charge in [-0.1, -0.05) is 48.0 Å². The summed E-state index contributed by atoms with van der Waals surface area (Å²) < 4.78 is 0. The predicted molar refractivity (Wildman–Crippen MR) is 193 cm³/mol. The fourth-order valence-electron chi connectivity index (χ4n) is 7.49. The predicted octanol–water partition coefficient (Wildman–Crippen LogP) is 8.97. The van der Waals surface area contributed by atoms with Gasteiger partial charge in [0.05, 0.1) is 16.1 Å². The minimum atomic E-state index is -0.325. The lowest BCUT2D eigenvalue weighted by molar-refractivity contribution is -0.384. The van der Waals surface area contributed by atoms with Crippen LogP contribution in [0.2, 0.25) is 5.02 Å². The van der Waals surface area contributed by atoms with Gasteiger partial charge >= 0.3 is 0 Å². The van der Waals surface area contributed by atoms with Crippen LogP contribution in [0.15, 0.2) is 95.3 Å². The van der Waals surface area contributed by atoms with Crippen molar-refractivity contribution < 1.29 is 4.92 Å². The van der Waals surface area contributed by atoms with Crippen molar-refractivity contribution in [3.63, 3.8) is 0 Å². The van der Waals surface area contributed by atoms with Crippen LogP contribution in [0.4, 0.5) is 17.1 Å². The zero-order valence-electron chi connectivity index (χ0n) is 27.2. The third-order valence-corrected chi connectivity index (χ3v) is 10.3. The number of nitrogens with zero attached hydrogens (tertiary/aromatic N) is 4. The summed E-state index contributed by atoms with van der Waals surface area (Å²) in [6, 6.07) is 21.9. The molecule has 3 aromatic carbocycles. The number of aromatic nitrogens is 1. The molecule has 7 rings (SSSR count). The highest BCUT2D eigenvalue weighted by Gasteiger charge is 2.27. The van der Waals surface area contributed by atoms with E-state index in [1.54, 1.807) is 18.2 Å². The number of nitro benzene ring substituents is 1. The summed E-state index contributed by atoms with van der Waals surface area (Å²) in [6.07, 6.45) is 8.87. The summed E-state index contributed by atoms with van der Waals surface area (Å²) in [6.45, 7) is 10.1. The van der Waals surface area contributed by atoms with Crippen molar-refractivity contribution in [3.8, 4) is 0 Å². The third kappa shape index (κ3) is 6.12. The van der Waals surface area contributed by atoms with Crippen molar-refractivity contribution in [2.45, 2.75) is 52.4 Å².